The van der Waals surface area contributed by atoms with Crippen LogP contribution in [0.3, 0.4) is 0 Å². The second-order valence-electron chi connectivity index (χ2n) is 3.83. The Morgan fingerprint density at radius 3 is 2.36 bits per heavy atom. The third kappa shape index (κ3) is 5.97. The molecule has 0 aliphatic carbocycles. The van der Waals surface area contributed by atoms with Crippen molar-refractivity contribution in [2.45, 2.75) is 46.6 Å². The molecular weight excluding hydrogens is 178 g/mol. The van der Waals surface area contributed by atoms with Crippen LogP contribution in [0, 0.1) is 5.92 Å². The fourth-order valence-corrected chi connectivity index (χ4v) is 1.29. The van der Waals surface area contributed by atoms with Gasteiger partial charge in [-0.15, -0.1) is 0 Å². The summed E-state index contributed by atoms with van der Waals surface area (Å²) in [4.78, 5) is 11.5. The summed E-state index contributed by atoms with van der Waals surface area (Å²) in [7, 11) is 0. The number of nitrogens with one attached hydrogen (secondary N) is 1. The first-order valence-electron chi connectivity index (χ1n) is 5.51. The molecule has 0 aliphatic heterocycles. The molecule has 0 aromatic heterocycles. The average molecular weight is 201 g/mol. The fourth-order valence-electron chi connectivity index (χ4n) is 1.29. The smallest absolute Gasteiger partial charge is 0.323 e. The van der Waals surface area contributed by atoms with Gasteiger partial charge in [0.15, 0.2) is 0 Å². The zero-order valence-electron chi connectivity index (χ0n) is 9.80. The molecule has 1 atom stereocenters. The quantitative estimate of drug-likeness (QED) is 0.640. The maximum Gasteiger partial charge on any atom is 0.323 e. The number of carbonyl (C=O) groups excluding carboxylic acids is 1. The standard InChI is InChI=1S/C11H23NO2/c1-5-12-10(8-7-9(3)4)11(13)14-6-2/h9-10,12H,5-8H2,1-4H3. The molecule has 1 unspecified atom stereocenters. The van der Waals surface area contributed by atoms with E-state index in [1.807, 2.05) is 13.8 Å². The van der Waals surface area contributed by atoms with Crippen LogP contribution in [-0.4, -0.2) is 25.2 Å². The minimum atomic E-state index is -0.123. The minimum absolute atomic E-state index is 0.116. The Hall–Kier alpha value is -0.570. The average Bonchev–Trinajstić information content (AvgIpc) is 2.12. The van der Waals surface area contributed by atoms with Crippen LogP contribution in [0.5, 0.6) is 0 Å². The monoisotopic (exact) mass is 201 g/mol. The van der Waals surface area contributed by atoms with E-state index in [-0.39, 0.29) is 12.0 Å². The molecule has 0 spiro atoms. The number of hydrogen-bond donors (Lipinski definition) is 1. The topological polar surface area (TPSA) is 38.3 Å². The van der Waals surface area contributed by atoms with Crippen LogP contribution < -0.4 is 5.32 Å². The molecule has 0 rings (SSSR count). The molecule has 0 radical (unpaired) electrons. The molecular formula is C11H23NO2. The van der Waals surface area contributed by atoms with Gasteiger partial charge in [-0.25, -0.2) is 0 Å². The highest BCUT2D eigenvalue weighted by atomic mass is 16.5. The Morgan fingerprint density at radius 1 is 1.29 bits per heavy atom. The third-order valence-corrected chi connectivity index (χ3v) is 2.05. The molecule has 0 bridgehead atoms. The Balaban J connectivity index is 3.93. The summed E-state index contributed by atoms with van der Waals surface area (Å²) in [6, 6.07) is -0.123. The first kappa shape index (κ1) is 13.4. The van der Waals surface area contributed by atoms with Gasteiger partial charge in [-0.2, -0.15) is 0 Å². The predicted octanol–water partition coefficient (Wildman–Crippen LogP) is 1.96. The second kappa shape index (κ2) is 7.80. The van der Waals surface area contributed by atoms with Gasteiger partial charge in [0, 0.05) is 0 Å². The van der Waals surface area contributed by atoms with E-state index in [0.717, 1.165) is 19.4 Å². The first-order valence-corrected chi connectivity index (χ1v) is 5.51. The molecule has 0 fully saturated rings. The highest BCUT2D eigenvalue weighted by Crippen LogP contribution is 2.07. The lowest BCUT2D eigenvalue weighted by molar-refractivity contribution is -0.145. The maximum absolute atomic E-state index is 11.5. The summed E-state index contributed by atoms with van der Waals surface area (Å²) < 4.78 is 4.99. The lowest BCUT2D eigenvalue weighted by atomic mass is 10.0. The number of esters is 1. The van der Waals surface area contributed by atoms with Gasteiger partial charge < -0.3 is 10.1 Å². The highest BCUT2D eigenvalue weighted by molar-refractivity contribution is 5.75. The third-order valence-electron chi connectivity index (χ3n) is 2.05. The molecule has 0 amide bonds. The molecule has 3 heteroatoms. The number of likely N-dealkylation sites (N-methyl/N-ethyl adjacent to an activating group) is 1. The predicted molar refractivity (Wildman–Crippen MR) is 58.2 cm³/mol. The van der Waals surface area contributed by atoms with Crippen molar-refractivity contribution in [3.8, 4) is 0 Å². The Labute approximate surface area is 87.2 Å². The van der Waals surface area contributed by atoms with Gasteiger partial charge in [0.05, 0.1) is 6.61 Å². The van der Waals surface area contributed by atoms with Crippen molar-refractivity contribution < 1.29 is 9.53 Å². The Morgan fingerprint density at radius 2 is 1.93 bits per heavy atom. The van der Waals surface area contributed by atoms with Crippen LogP contribution in [0.1, 0.15) is 40.5 Å². The van der Waals surface area contributed by atoms with E-state index in [1.54, 1.807) is 0 Å². The summed E-state index contributed by atoms with van der Waals surface area (Å²) >= 11 is 0. The van der Waals surface area contributed by atoms with Gasteiger partial charge in [0.1, 0.15) is 6.04 Å². The molecule has 0 saturated heterocycles. The summed E-state index contributed by atoms with van der Waals surface area (Å²) in [5, 5.41) is 3.15. The van der Waals surface area contributed by atoms with E-state index in [9.17, 15) is 4.79 Å². The van der Waals surface area contributed by atoms with Crippen LogP contribution >= 0.6 is 0 Å². The molecule has 3 nitrogen and oxygen atoms in total. The molecule has 0 aromatic rings. The summed E-state index contributed by atoms with van der Waals surface area (Å²) in [6.45, 7) is 9.43. The lowest BCUT2D eigenvalue weighted by Crippen LogP contribution is -2.38. The SMILES string of the molecule is CCNC(CCC(C)C)C(=O)OCC. The van der Waals surface area contributed by atoms with E-state index in [2.05, 4.69) is 19.2 Å². The molecule has 0 saturated carbocycles. The molecule has 14 heavy (non-hydrogen) atoms. The number of hydrogen-bond acceptors (Lipinski definition) is 3. The molecule has 0 heterocycles. The Bertz CT molecular complexity index is 157. The van der Waals surface area contributed by atoms with Crippen LogP contribution in [0.15, 0.2) is 0 Å². The van der Waals surface area contributed by atoms with Crippen molar-refractivity contribution in [3.05, 3.63) is 0 Å². The minimum Gasteiger partial charge on any atom is -0.465 e. The van der Waals surface area contributed by atoms with Crippen molar-refractivity contribution in [1.29, 1.82) is 0 Å². The largest absolute Gasteiger partial charge is 0.465 e. The second-order valence-corrected chi connectivity index (χ2v) is 3.83. The molecule has 0 aromatic carbocycles. The lowest BCUT2D eigenvalue weighted by Gasteiger charge is -2.16. The zero-order chi connectivity index (χ0) is 11.0. The van der Waals surface area contributed by atoms with Crippen molar-refractivity contribution in [1.82, 2.24) is 5.32 Å². The van der Waals surface area contributed by atoms with Crippen molar-refractivity contribution in [2.75, 3.05) is 13.2 Å². The molecule has 84 valence electrons. The van der Waals surface area contributed by atoms with Crippen LogP contribution in [0.2, 0.25) is 0 Å². The van der Waals surface area contributed by atoms with E-state index >= 15 is 0 Å². The van der Waals surface area contributed by atoms with E-state index in [0.29, 0.717) is 12.5 Å². The normalized spacial score (nSPS) is 12.9. The van der Waals surface area contributed by atoms with Gasteiger partial charge in [-0.3, -0.25) is 4.79 Å². The number of rotatable bonds is 7. The van der Waals surface area contributed by atoms with E-state index in [1.165, 1.54) is 0 Å². The van der Waals surface area contributed by atoms with Crippen molar-refractivity contribution in [3.63, 3.8) is 0 Å². The van der Waals surface area contributed by atoms with Gasteiger partial charge in [0.2, 0.25) is 0 Å². The van der Waals surface area contributed by atoms with Crippen LogP contribution in [-0.2, 0) is 9.53 Å². The van der Waals surface area contributed by atoms with Crippen LogP contribution in [0.4, 0.5) is 0 Å². The van der Waals surface area contributed by atoms with E-state index < -0.39 is 0 Å². The first-order chi connectivity index (χ1) is 6.61. The maximum atomic E-state index is 11.5. The molecule has 0 aliphatic rings. The van der Waals surface area contributed by atoms with Crippen molar-refractivity contribution in [2.24, 2.45) is 5.92 Å². The summed E-state index contributed by atoms with van der Waals surface area (Å²) in [5.41, 5.74) is 0. The summed E-state index contributed by atoms with van der Waals surface area (Å²) in [5.74, 6) is 0.514. The fraction of sp³-hybridized carbons (Fsp3) is 0.909. The summed E-state index contributed by atoms with van der Waals surface area (Å²) in [6.07, 6.45) is 1.92. The van der Waals surface area contributed by atoms with Crippen LogP contribution in [0.25, 0.3) is 0 Å². The van der Waals surface area contributed by atoms with Gasteiger partial charge in [-0.05, 0) is 32.2 Å². The highest BCUT2D eigenvalue weighted by Gasteiger charge is 2.18. The van der Waals surface area contributed by atoms with Gasteiger partial charge in [-0.1, -0.05) is 20.8 Å². The zero-order valence-corrected chi connectivity index (χ0v) is 9.80. The van der Waals surface area contributed by atoms with Crippen molar-refractivity contribution >= 4 is 5.97 Å². The number of carbonyl (C=O) groups is 1. The Kier molecular flexibility index (Phi) is 7.48. The van der Waals surface area contributed by atoms with Gasteiger partial charge >= 0.3 is 5.97 Å². The number of ether oxygens (including phenoxy) is 1. The molecule has 1 N–H and O–H groups in total. The van der Waals surface area contributed by atoms with Gasteiger partial charge in [0.25, 0.3) is 0 Å². The van der Waals surface area contributed by atoms with E-state index in [4.69, 9.17) is 4.74 Å².